The minimum absolute atomic E-state index is 0.419. The molecule has 2 saturated heterocycles. The summed E-state index contributed by atoms with van der Waals surface area (Å²) in [6.07, 6.45) is 3.49. The van der Waals surface area contributed by atoms with E-state index in [1.54, 1.807) is 0 Å². The van der Waals surface area contributed by atoms with Crippen LogP contribution in [-0.4, -0.2) is 54.6 Å². The lowest BCUT2D eigenvalue weighted by atomic mass is 9.88. The lowest BCUT2D eigenvalue weighted by Crippen LogP contribution is -2.63. The first-order valence-electron chi connectivity index (χ1n) is 7.46. The molecule has 0 aromatic heterocycles. The molecule has 104 valence electrons. The largest absolute Gasteiger partial charge is 0.328 e. The van der Waals surface area contributed by atoms with Crippen LogP contribution in [0.2, 0.25) is 0 Å². The molecule has 2 unspecified atom stereocenters. The van der Waals surface area contributed by atoms with E-state index in [9.17, 15) is 0 Å². The number of nitrogens with two attached hydrogens (primary N) is 1. The van der Waals surface area contributed by atoms with Crippen LogP contribution >= 0.6 is 0 Å². The number of rotatable bonds is 3. The van der Waals surface area contributed by atoms with Crippen molar-refractivity contribution in [2.24, 2.45) is 5.73 Å². The summed E-state index contributed by atoms with van der Waals surface area (Å²) in [6, 6.07) is 12.6. The molecule has 1 aromatic rings. The molecule has 2 heterocycles. The lowest BCUT2D eigenvalue weighted by molar-refractivity contribution is 0.00355. The Kier molecular flexibility index (Phi) is 3.87. The second-order valence-corrected chi connectivity index (χ2v) is 6.20. The summed E-state index contributed by atoms with van der Waals surface area (Å²) in [5, 5.41) is 0. The van der Waals surface area contributed by atoms with Gasteiger partial charge in [-0.3, -0.25) is 9.80 Å². The van der Waals surface area contributed by atoms with Crippen LogP contribution in [0.15, 0.2) is 30.3 Å². The minimum atomic E-state index is 0.419. The highest BCUT2D eigenvalue weighted by Gasteiger charge is 2.37. The van der Waals surface area contributed by atoms with Crippen molar-refractivity contribution in [2.75, 3.05) is 26.7 Å². The highest BCUT2D eigenvalue weighted by atomic mass is 15.3. The van der Waals surface area contributed by atoms with Crippen molar-refractivity contribution in [3.05, 3.63) is 35.9 Å². The van der Waals surface area contributed by atoms with Gasteiger partial charge in [0, 0.05) is 37.8 Å². The van der Waals surface area contributed by atoms with Crippen molar-refractivity contribution in [2.45, 2.75) is 37.4 Å². The van der Waals surface area contributed by atoms with E-state index in [0.29, 0.717) is 18.1 Å². The second kappa shape index (κ2) is 5.61. The third-order valence-electron chi connectivity index (χ3n) is 4.80. The molecule has 0 radical (unpaired) electrons. The Morgan fingerprint density at radius 2 is 1.74 bits per heavy atom. The predicted octanol–water partition coefficient (Wildman–Crippen LogP) is 1.33. The normalized spacial score (nSPS) is 32.4. The third kappa shape index (κ3) is 2.99. The zero-order valence-corrected chi connectivity index (χ0v) is 11.8. The molecular weight excluding hydrogens is 234 g/mol. The predicted molar refractivity (Wildman–Crippen MR) is 79.1 cm³/mol. The zero-order chi connectivity index (χ0) is 13.2. The van der Waals surface area contributed by atoms with Crippen molar-refractivity contribution in [1.82, 2.24) is 9.80 Å². The first-order chi connectivity index (χ1) is 9.22. The number of benzene rings is 1. The molecule has 2 bridgehead atoms. The van der Waals surface area contributed by atoms with Gasteiger partial charge >= 0.3 is 0 Å². The van der Waals surface area contributed by atoms with Crippen LogP contribution in [0.25, 0.3) is 0 Å². The molecule has 2 atom stereocenters. The Bertz CT molecular complexity index is 390. The first kappa shape index (κ1) is 13.1. The minimum Gasteiger partial charge on any atom is -0.328 e. The molecule has 0 amide bonds. The second-order valence-electron chi connectivity index (χ2n) is 6.20. The van der Waals surface area contributed by atoms with E-state index in [1.807, 2.05) is 0 Å². The van der Waals surface area contributed by atoms with E-state index in [2.05, 4.69) is 47.2 Å². The molecule has 2 aliphatic heterocycles. The van der Waals surface area contributed by atoms with Gasteiger partial charge in [0.15, 0.2) is 0 Å². The van der Waals surface area contributed by atoms with Crippen molar-refractivity contribution in [3.63, 3.8) is 0 Å². The molecule has 3 rings (SSSR count). The van der Waals surface area contributed by atoms with E-state index >= 15 is 0 Å². The van der Waals surface area contributed by atoms with Crippen LogP contribution in [0.3, 0.4) is 0 Å². The van der Waals surface area contributed by atoms with E-state index in [-0.39, 0.29) is 0 Å². The van der Waals surface area contributed by atoms with Crippen LogP contribution < -0.4 is 5.73 Å². The van der Waals surface area contributed by atoms with Gasteiger partial charge in [-0.15, -0.1) is 0 Å². The van der Waals surface area contributed by atoms with Gasteiger partial charge in [0.2, 0.25) is 0 Å². The average molecular weight is 259 g/mol. The van der Waals surface area contributed by atoms with Crippen LogP contribution in [0.5, 0.6) is 0 Å². The van der Waals surface area contributed by atoms with Crippen molar-refractivity contribution in [3.8, 4) is 0 Å². The van der Waals surface area contributed by atoms with Gasteiger partial charge in [0.1, 0.15) is 0 Å². The van der Waals surface area contributed by atoms with Gasteiger partial charge in [0.25, 0.3) is 0 Å². The molecule has 0 spiro atoms. The fraction of sp³-hybridized carbons (Fsp3) is 0.625. The summed E-state index contributed by atoms with van der Waals surface area (Å²) in [5.74, 6) is 0. The number of nitrogens with zero attached hydrogens (tertiary/aromatic N) is 2. The van der Waals surface area contributed by atoms with E-state index in [0.717, 1.165) is 19.3 Å². The zero-order valence-electron chi connectivity index (χ0n) is 11.8. The lowest BCUT2D eigenvalue weighted by Gasteiger charge is -2.50. The van der Waals surface area contributed by atoms with Crippen molar-refractivity contribution >= 4 is 0 Å². The maximum atomic E-state index is 6.15. The van der Waals surface area contributed by atoms with E-state index in [4.69, 9.17) is 5.73 Å². The number of likely N-dealkylation sites (N-methyl/N-ethyl adjacent to an activating group) is 1. The number of hydrogen-bond donors (Lipinski definition) is 1. The van der Waals surface area contributed by atoms with E-state index < -0.39 is 0 Å². The summed E-state index contributed by atoms with van der Waals surface area (Å²) >= 11 is 0. The number of fused-ring (bicyclic) bond motifs is 2. The number of piperidine rings is 1. The monoisotopic (exact) mass is 259 g/mol. The molecule has 3 heteroatoms. The fourth-order valence-electron chi connectivity index (χ4n) is 3.62. The number of likely N-dealkylation sites (tertiary alicyclic amines) is 1. The van der Waals surface area contributed by atoms with Crippen LogP contribution in [0, 0.1) is 0 Å². The third-order valence-corrected chi connectivity index (χ3v) is 4.80. The highest BCUT2D eigenvalue weighted by Crippen LogP contribution is 2.26. The van der Waals surface area contributed by atoms with Crippen LogP contribution in [0.4, 0.5) is 0 Å². The van der Waals surface area contributed by atoms with Crippen molar-refractivity contribution in [1.29, 1.82) is 0 Å². The Hall–Kier alpha value is -0.900. The summed E-state index contributed by atoms with van der Waals surface area (Å²) in [6.45, 7) is 3.56. The molecule has 0 aliphatic carbocycles. The molecule has 2 fully saturated rings. The summed E-state index contributed by atoms with van der Waals surface area (Å²) in [7, 11) is 2.27. The standard InChI is InChI=1S/C16H25N3/c1-18-15-9-14(17)10-16(18)12-19(11-15)8-7-13-5-3-2-4-6-13/h2-6,14-16H,7-12,17H2,1H3. The van der Waals surface area contributed by atoms with Crippen LogP contribution in [-0.2, 0) is 6.42 Å². The van der Waals surface area contributed by atoms with Gasteiger partial charge in [0.05, 0.1) is 0 Å². The summed E-state index contributed by atoms with van der Waals surface area (Å²) < 4.78 is 0. The fourth-order valence-corrected chi connectivity index (χ4v) is 3.62. The SMILES string of the molecule is CN1C2CC(N)CC1CN(CCc1ccccc1)C2. The van der Waals surface area contributed by atoms with Crippen LogP contribution in [0.1, 0.15) is 18.4 Å². The Morgan fingerprint density at radius 1 is 1.11 bits per heavy atom. The van der Waals surface area contributed by atoms with Gasteiger partial charge in [-0.05, 0) is 31.9 Å². The first-order valence-corrected chi connectivity index (χ1v) is 7.46. The Labute approximate surface area is 116 Å². The number of piperazine rings is 1. The molecule has 2 N–H and O–H groups in total. The van der Waals surface area contributed by atoms with E-state index in [1.165, 1.54) is 25.2 Å². The van der Waals surface area contributed by atoms with Gasteiger partial charge < -0.3 is 5.73 Å². The maximum Gasteiger partial charge on any atom is 0.0238 e. The molecule has 2 aliphatic rings. The molecule has 19 heavy (non-hydrogen) atoms. The van der Waals surface area contributed by atoms with Gasteiger partial charge in [-0.25, -0.2) is 0 Å². The molecule has 3 nitrogen and oxygen atoms in total. The molecule has 0 saturated carbocycles. The average Bonchev–Trinajstić information content (AvgIpc) is 2.40. The summed E-state index contributed by atoms with van der Waals surface area (Å²) in [4.78, 5) is 5.19. The smallest absolute Gasteiger partial charge is 0.0238 e. The summed E-state index contributed by atoms with van der Waals surface area (Å²) in [5.41, 5.74) is 7.60. The molecule has 1 aromatic carbocycles. The van der Waals surface area contributed by atoms with Gasteiger partial charge in [-0.1, -0.05) is 30.3 Å². The Morgan fingerprint density at radius 3 is 2.37 bits per heavy atom. The maximum absolute atomic E-state index is 6.15. The quantitative estimate of drug-likeness (QED) is 0.889. The topological polar surface area (TPSA) is 32.5 Å². The van der Waals surface area contributed by atoms with Crippen molar-refractivity contribution < 1.29 is 0 Å². The number of hydrogen-bond acceptors (Lipinski definition) is 3. The van der Waals surface area contributed by atoms with Gasteiger partial charge in [-0.2, -0.15) is 0 Å². The highest BCUT2D eigenvalue weighted by molar-refractivity contribution is 5.15. The molecular formula is C16H25N3. The Balaban J connectivity index is 1.56.